The zero-order valence-corrected chi connectivity index (χ0v) is 21.9. The van der Waals surface area contributed by atoms with Gasteiger partial charge in [0.25, 0.3) is 5.92 Å². The van der Waals surface area contributed by atoms with E-state index < -0.39 is 23.8 Å². The lowest BCUT2D eigenvalue weighted by Crippen LogP contribution is -2.27. The van der Waals surface area contributed by atoms with E-state index in [1.54, 1.807) is 12.1 Å². The van der Waals surface area contributed by atoms with Crippen LogP contribution in [0.15, 0.2) is 79.1 Å². The highest BCUT2D eigenvalue weighted by molar-refractivity contribution is 6.31. The topological polar surface area (TPSA) is 87.1 Å². The molecule has 0 bridgehead atoms. The van der Waals surface area contributed by atoms with Crippen LogP contribution >= 0.6 is 11.6 Å². The first kappa shape index (κ1) is 28.1. The summed E-state index contributed by atoms with van der Waals surface area (Å²) in [5, 5.41) is 15.7. The molecule has 1 amide bonds. The summed E-state index contributed by atoms with van der Waals surface area (Å²) in [5.41, 5.74) is 1.68. The minimum atomic E-state index is -3.40. The maximum absolute atomic E-state index is 15.2. The molecule has 3 N–H and O–H groups in total. The molecule has 0 radical (unpaired) electrons. The average molecular weight is 555 g/mol. The SMILES string of the molecule is CC(Nc1nccnc1-c1ccc(NC(=O)Cc2ccc(C(F)(F)C(C)O)cc2)cc1F)c1ccccc1Cl. The molecule has 39 heavy (non-hydrogen) atoms. The van der Waals surface area contributed by atoms with E-state index in [0.717, 1.165) is 12.5 Å². The van der Waals surface area contributed by atoms with Gasteiger partial charge in [0.2, 0.25) is 5.91 Å². The molecular formula is C29H26ClF3N4O2. The van der Waals surface area contributed by atoms with E-state index in [1.165, 1.54) is 48.8 Å². The van der Waals surface area contributed by atoms with Gasteiger partial charge in [-0.3, -0.25) is 9.78 Å². The minimum Gasteiger partial charge on any atom is -0.387 e. The number of hydrogen-bond acceptors (Lipinski definition) is 5. The Morgan fingerprint density at radius 2 is 1.72 bits per heavy atom. The molecule has 1 aromatic heterocycles. The van der Waals surface area contributed by atoms with Crippen molar-refractivity contribution >= 4 is 29.0 Å². The molecule has 4 aromatic rings. The second kappa shape index (κ2) is 11.8. The number of benzene rings is 3. The van der Waals surface area contributed by atoms with Gasteiger partial charge in [0.05, 0.1) is 12.5 Å². The van der Waals surface area contributed by atoms with Crippen LogP contribution in [0.4, 0.5) is 24.7 Å². The van der Waals surface area contributed by atoms with Gasteiger partial charge in [0.15, 0.2) is 5.82 Å². The van der Waals surface area contributed by atoms with Crippen molar-refractivity contribution in [3.63, 3.8) is 0 Å². The van der Waals surface area contributed by atoms with E-state index in [9.17, 15) is 18.7 Å². The molecule has 202 valence electrons. The molecule has 1 heterocycles. The van der Waals surface area contributed by atoms with E-state index in [-0.39, 0.29) is 29.3 Å². The van der Waals surface area contributed by atoms with Crippen LogP contribution in [-0.2, 0) is 17.1 Å². The maximum Gasteiger partial charge on any atom is 0.298 e. The van der Waals surface area contributed by atoms with Crippen LogP contribution in [0.5, 0.6) is 0 Å². The van der Waals surface area contributed by atoms with Crippen molar-refractivity contribution in [2.45, 2.75) is 38.3 Å². The van der Waals surface area contributed by atoms with Gasteiger partial charge in [-0.05, 0) is 49.2 Å². The van der Waals surface area contributed by atoms with Crippen LogP contribution in [0.25, 0.3) is 11.3 Å². The van der Waals surface area contributed by atoms with Gasteiger partial charge in [-0.2, -0.15) is 8.78 Å². The Labute approximate surface area is 228 Å². The molecule has 0 aliphatic rings. The Bertz CT molecular complexity index is 1470. The van der Waals surface area contributed by atoms with Gasteiger partial charge in [-0.15, -0.1) is 0 Å². The second-order valence-corrected chi connectivity index (χ2v) is 9.46. The van der Waals surface area contributed by atoms with E-state index in [2.05, 4.69) is 20.6 Å². The molecule has 3 aromatic carbocycles. The van der Waals surface area contributed by atoms with Crippen LogP contribution in [0, 0.1) is 5.82 Å². The van der Waals surface area contributed by atoms with Crippen LogP contribution in [0.1, 0.15) is 36.6 Å². The van der Waals surface area contributed by atoms with Gasteiger partial charge in [0.1, 0.15) is 17.6 Å². The van der Waals surface area contributed by atoms with E-state index in [0.29, 0.717) is 22.1 Å². The van der Waals surface area contributed by atoms with Crippen LogP contribution in [-0.4, -0.2) is 27.1 Å². The van der Waals surface area contributed by atoms with E-state index in [1.807, 2.05) is 25.1 Å². The molecular weight excluding hydrogens is 529 g/mol. The number of nitrogens with one attached hydrogen (secondary N) is 2. The van der Waals surface area contributed by atoms with Gasteiger partial charge < -0.3 is 15.7 Å². The van der Waals surface area contributed by atoms with Crippen molar-refractivity contribution < 1.29 is 23.1 Å². The number of aromatic nitrogens is 2. The molecule has 10 heteroatoms. The monoisotopic (exact) mass is 554 g/mol. The summed E-state index contributed by atoms with van der Waals surface area (Å²) >= 11 is 6.30. The van der Waals surface area contributed by atoms with Crippen molar-refractivity contribution in [1.82, 2.24) is 9.97 Å². The third-order valence-electron chi connectivity index (χ3n) is 6.16. The summed E-state index contributed by atoms with van der Waals surface area (Å²) in [6.07, 6.45) is 1.000. The number of aliphatic hydroxyl groups excluding tert-OH is 1. The smallest absolute Gasteiger partial charge is 0.298 e. The van der Waals surface area contributed by atoms with Crippen molar-refractivity contribution in [3.05, 3.63) is 107 Å². The number of anilines is 2. The zero-order chi connectivity index (χ0) is 28.2. The van der Waals surface area contributed by atoms with Crippen LogP contribution < -0.4 is 10.6 Å². The minimum absolute atomic E-state index is 0.109. The first-order chi connectivity index (χ1) is 18.6. The van der Waals surface area contributed by atoms with E-state index >= 15 is 4.39 Å². The number of rotatable bonds is 9. The quantitative estimate of drug-likeness (QED) is 0.213. The Balaban J connectivity index is 1.46. The molecule has 0 saturated carbocycles. The molecule has 4 rings (SSSR count). The Morgan fingerprint density at radius 3 is 2.38 bits per heavy atom. The molecule has 0 spiro atoms. The molecule has 2 unspecified atom stereocenters. The summed E-state index contributed by atoms with van der Waals surface area (Å²) in [5.74, 6) is -4.10. The summed E-state index contributed by atoms with van der Waals surface area (Å²) in [6, 6.07) is 16.5. The number of halogens is 4. The van der Waals surface area contributed by atoms with Crippen molar-refractivity contribution in [2.75, 3.05) is 10.6 Å². The highest BCUT2D eigenvalue weighted by Gasteiger charge is 2.37. The van der Waals surface area contributed by atoms with Crippen LogP contribution in [0.3, 0.4) is 0 Å². The first-order valence-corrected chi connectivity index (χ1v) is 12.5. The number of aliphatic hydroxyl groups is 1. The van der Waals surface area contributed by atoms with Crippen molar-refractivity contribution in [1.29, 1.82) is 0 Å². The molecule has 2 atom stereocenters. The number of nitrogens with zero attached hydrogens (tertiary/aromatic N) is 2. The number of hydrogen-bond donors (Lipinski definition) is 3. The first-order valence-electron chi connectivity index (χ1n) is 12.1. The highest BCUT2D eigenvalue weighted by Crippen LogP contribution is 2.33. The fourth-order valence-corrected chi connectivity index (χ4v) is 4.31. The Kier molecular flexibility index (Phi) is 8.52. The fraction of sp³-hybridized carbons (Fsp3) is 0.207. The normalized spacial score (nSPS) is 13.0. The van der Waals surface area contributed by atoms with Crippen molar-refractivity contribution in [3.8, 4) is 11.3 Å². The molecule has 0 fully saturated rings. The third kappa shape index (κ3) is 6.55. The lowest BCUT2D eigenvalue weighted by Gasteiger charge is -2.19. The van der Waals surface area contributed by atoms with Gasteiger partial charge >= 0.3 is 0 Å². The summed E-state index contributed by atoms with van der Waals surface area (Å²) in [6.45, 7) is 2.91. The lowest BCUT2D eigenvalue weighted by molar-refractivity contribution is -0.115. The van der Waals surface area contributed by atoms with Gasteiger partial charge in [0, 0.05) is 34.2 Å². The number of alkyl halides is 2. The molecule has 6 nitrogen and oxygen atoms in total. The predicted octanol–water partition coefficient (Wildman–Crippen LogP) is 6.76. The predicted molar refractivity (Wildman–Crippen MR) is 145 cm³/mol. The molecule has 0 saturated heterocycles. The summed E-state index contributed by atoms with van der Waals surface area (Å²) in [7, 11) is 0. The highest BCUT2D eigenvalue weighted by atomic mass is 35.5. The van der Waals surface area contributed by atoms with Gasteiger partial charge in [-0.1, -0.05) is 54.1 Å². The summed E-state index contributed by atoms with van der Waals surface area (Å²) < 4.78 is 43.1. The average Bonchev–Trinajstić information content (AvgIpc) is 2.89. The number of carbonyl (C=O) groups excluding carboxylic acids is 1. The largest absolute Gasteiger partial charge is 0.387 e. The summed E-state index contributed by atoms with van der Waals surface area (Å²) in [4.78, 5) is 21.1. The zero-order valence-electron chi connectivity index (χ0n) is 21.1. The van der Waals surface area contributed by atoms with E-state index in [4.69, 9.17) is 11.6 Å². The Morgan fingerprint density at radius 1 is 1.03 bits per heavy atom. The molecule has 0 aliphatic carbocycles. The van der Waals surface area contributed by atoms with Crippen molar-refractivity contribution in [2.24, 2.45) is 0 Å². The maximum atomic E-state index is 15.2. The van der Waals surface area contributed by atoms with Gasteiger partial charge in [-0.25, -0.2) is 9.37 Å². The lowest BCUT2D eigenvalue weighted by atomic mass is 10.0. The Hall–Kier alpha value is -3.95. The third-order valence-corrected chi connectivity index (χ3v) is 6.50. The number of amides is 1. The molecule has 0 aliphatic heterocycles. The fourth-order valence-electron chi connectivity index (χ4n) is 4.01. The number of carbonyl (C=O) groups is 1. The standard InChI is InChI=1S/C29H26ClF3N4O2/c1-17(22-5-3-4-6-24(22)30)36-28-27(34-13-14-35-28)23-12-11-21(16-25(23)31)37-26(39)15-19-7-9-20(10-8-19)29(32,33)18(2)38/h3-14,16-18,38H,15H2,1-2H3,(H,35,36)(H,37,39). The second-order valence-electron chi connectivity index (χ2n) is 9.06. The van der Waals surface area contributed by atoms with Crippen LogP contribution in [0.2, 0.25) is 5.02 Å².